The summed E-state index contributed by atoms with van der Waals surface area (Å²) in [4.78, 5) is 11.4. The maximum absolute atomic E-state index is 12.0. The molecular weight excluding hydrogens is 252 g/mol. The van der Waals surface area contributed by atoms with E-state index < -0.39 is 25.0 Å². The summed E-state index contributed by atoms with van der Waals surface area (Å²) >= 11 is 1.54. The van der Waals surface area contributed by atoms with E-state index in [-0.39, 0.29) is 5.76 Å². The van der Waals surface area contributed by atoms with Crippen molar-refractivity contribution in [2.24, 2.45) is 0 Å². The van der Waals surface area contributed by atoms with Crippen molar-refractivity contribution in [1.29, 1.82) is 0 Å². The van der Waals surface area contributed by atoms with E-state index in [1.807, 2.05) is 6.26 Å². The summed E-state index contributed by atoms with van der Waals surface area (Å²) in [7, 11) is 0. The number of aliphatic hydroxyl groups is 1. The average Bonchev–Trinajstić information content (AvgIpc) is 2.74. The molecule has 0 aliphatic rings. The van der Waals surface area contributed by atoms with Gasteiger partial charge in [-0.15, -0.1) is 0 Å². The molecule has 0 fully saturated rings. The predicted octanol–water partition coefficient (Wildman–Crippen LogP) is 1.50. The van der Waals surface area contributed by atoms with Crippen molar-refractivity contribution in [3.63, 3.8) is 0 Å². The molecule has 7 heteroatoms. The molecule has 1 amide bonds. The topological polar surface area (TPSA) is 62.5 Å². The lowest BCUT2D eigenvalue weighted by Gasteiger charge is -2.09. The van der Waals surface area contributed by atoms with Gasteiger partial charge in [0.2, 0.25) is 0 Å². The summed E-state index contributed by atoms with van der Waals surface area (Å²) in [6, 6.07) is 3.12. The summed E-state index contributed by atoms with van der Waals surface area (Å²) in [5, 5.41) is 11.0. The van der Waals surface area contributed by atoms with Crippen molar-refractivity contribution < 1.29 is 23.1 Å². The first kappa shape index (κ1) is 14.0. The summed E-state index contributed by atoms with van der Waals surface area (Å²) < 4.78 is 29.1. The van der Waals surface area contributed by atoms with Crippen LogP contribution in [0.5, 0.6) is 0 Å². The van der Waals surface area contributed by atoms with E-state index in [0.29, 0.717) is 11.5 Å². The lowest BCUT2D eigenvalue weighted by atomic mass is 10.3. The fraction of sp³-hybridized carbons (Fsp3) is 0.500. The largest absolute Gasteiger partial charge is 0.455 e. The van der Waals surface area contributed by atoms with Gasteiger partial charge in [-0.2, -0.15) is 11.8 Å². The second kappa shape index (κ2) is 6.61. The third-order valence-electron chi connectivity index (χ3n) is 1.93. The Kier molecular flexibility index (Phi) is 5.43. The van der Waals surface area contributed by atoms with E-state index in [0.717, 1.165) is 0 Å². The standard InChI is InChI=1S/C10H13F2NO3S/c1-17-5-6-2-3-8(16-6)10(15)13-4-7(14)9(11)12/h2-3,7,9,14H,4-5H2,1H3,(H,13,15). The van der Waals surface area contributed by atoms with Crippen molar-refractivity contribution in [2.75, 3.05) is 12.8 Å². The van der Waals surface area contributed by atoms with Crippen LogP contribution in [0.4, 0.5) is 8.78 Å². The highest BCUT2D eigenvalue weighted by Gasteiger charge is 2.19. The first-order valence-electron chi connectivity index (χ1n) is 4.86. The predicted molar refractivity (Wildman–Crippen MR) is 60.3 cm³/mol. The van der Waals surface area contributed by atoms with Crippen molar-refractivity contribution in [2.45, 2.75) is 18.3 Å². The van der Waals surface area contributed by atoms with E-state index >= 15 is 0 Å². The van der Waals surface area contributed by atoms with Crippen LogP contribution >= 0.6 is 11.8 Å². The monoisotopic (exact) mass is 265 g/mol. The zero-order chi connectivity index (χ0) is 12.8. The summed E-state index contributed by atoms with van der Waals surface area (Å²) in [5.74, 6) is 0.706. The summed E-state index contributed by atoms with van der Waals surface area (Å²) in [6.45, 7) is -0.505. The number of rotatable bonds is 6. The normalized spacial score (nSPS) is 12.8. The molecule has 0 radical (unpaired) electrons. The third-order valence-corrected chi connectivity index (χ3v) is 2.51. The first-order chi connectivity index (χ1) is 8.04. The van der Waals surface area contributed by atoms with E-state index in [9.17, 15) is 13.6 Å². The van der Waals surface area contributed by atoms with E-state index in [1.165, 1.54) is 17.8 Å². The number of furan rings is 1. The average molecular weight is 265 g/mol. The number of hydrogen-bond acceptors (Lipinski definition) is 4. The molecule has 1 aromatic heterocycles. The maximum atomic E-state index is 12.0. The highest BCUT2D eigenvalue weighted by Crippen LogP contribution is 2.13. The van der Waals surface area contributed by atoms with Gasteiger partial charge in [0.15, 0.2) is 5.76 Å². The van der Waals surface area contributed by atoms with Crippen LogP contribution in [0.1, 0.15) is 16.3 Å². The van der Waals surface area contributed by atoms with Gasteiger partial charge in [-0.05, 0) is 18.4 Å². The van der Waals surface area contributed by atoms with E-state index in [1.54, 1.807) is 6.07 Å². The van der Waals surface area contributed by atoms with Gasteiger partial charge in [0.1, 0.15) is 11.9 Å². The fourth-order valence-electron chi connectivity index (χ4n) is 1.09. The molecule has 4 nitrogen and oxygen atoms in total. The molecular formula is C10H13F2NO3S. The lowest BCUT2D eigenvalue weighted by Crippen LogP contribution is -2.35. The molecule has 0 saturated carbocycles. The van der Waals surface area contributed by atoms with Crippen LogP contribution in [0.15, 0.2) is 16.5 Å². The van der Waals surface area contributed by atoms with Crippen LogP contribution in [0.2, 0.25) is 0 Å². The van der Waals surface area contributed by atoms with E-state index in [2.05, 4.69) is 5.32 Å². The van der Waals surface area contributed by atoms with Crippen molar-refractivity contribution in [3.8, 4) is 0 Å². The highest BCUT2D eigenvalue weighted by molar-refractivity contribution is 7.97. The number of thioether (sulfide) groups is 1. The van der Waals surface area contributed by atoms with Gasteiger partial charge < -0.3 is 14.8 Å². The van der Waals surface area contributed by atoms with Gasteiger partial charge in [0.25, 0.3) is 12.3 Å². The van der Waals surface area contributed by atoms with Crippen molar-refractivity contribution >= 4 is 17.7 Å². The molecule has 1 heterocycles. The number of nitrogens with one attached hydrogen (secondary N) is 1. The zero-order valence-electron chi connectivity index (χ0n) is 9.15. The molecule has 96 valence electrons. The van der Waals surface area contributed by atoms with Crippen LogP contribution in [0.3, 0.4) is 0 Å². The Bertz CT molecular complexity index is 370. The molecule has 0 bridgehead atoms. The SMILES string of the molecule is CSCc1ccc(C(=O)NCC(O)C(F)F)o1. The van der Waals surface area contributed by atoms with Gasteiger partial charge in [-0.25, -0.2) is 8.78 Å². The van der Waals surface area contributed by atoms with Gasteiger partial charge in [0, 0.05) is 6.54 Å². The molecule has 0 saturated heterocycles. The minimum atomic E-state index is -2.88. The second-order valence-electron chi connectivity index (χ2n) is 3.31. The first-order valence-corrected chi connectivity index (χ1v) is 6.26. The minimum absolute atomic E-state index is 0.0514. The molecule has 0 aliphatic carbocycles. The molecule has 1 unspecified atom stereocenters. The molecule has 1 rings (SSSR count). The zero-order valence-corrected chi connectivity index (χ0v) is 9.97. The van der Waals surface area contributed by atoms with Crippen LogP contribution in [-0.2, 0) is 5.75 Å². The Morgan fingerprint density at radius 2 is 2.29 bits per heavy atom. The highest BCUT2D eigenvalue weighted by atomic mass is 32.2. The minimum Gasteiger partial charge on any atom is -0.455 e. The molecule has 1 atom stereocenters. The van der Waals surface area contributed by atoms with Gasteiger partial charge in [-0.3, -0.25) is 4.79 Å². The summed E-state index contributed by atoms with van der Waals surface area (Å²) in [6.07, 6.45) is -2.85. The number of hydrogen-bond donors (Lipinski definition) is 2. The van der Waals surface area contributed by atoms with Gasteiger partial charge in [0.05, 0.1) is 5.75 Å². The number of aliphatic hydroxyl groups excluding tert-OH is 1. The molecule has 0 spiro atoms. The van der Waals surface area contributed by atoms with Crippen molar-refractivity contribution in [1.82, 2.24) is 5.32 Å². The molecule has 0 aromatic carbocycles. The number of halogens is 2. The Balaban J connectivity index is 2.46. The van der Waals surface area contributed by atoms with Crippen LogP contribution in [0, 0.1) is 0 Å². The molecule has 1 aromatic rings. The van der Waals surface area contributed by atoms with Crippen molar-refractivity contribution in [3.05, 3.63) is 23.7 Å². The maximum Gasteiger partial charge on any atom is 0.287 e. The van der Waals surface area contributed by atoms with Gasteiger partial charge in [-0.1, -0.05) is 0 Å². The Morgan fingerprint density at radius 3 is 2.88 bits per heavy atom. The van der Waals surface area contributed by atoms with Gasteiger partial charge >= 0.3 is 0 Å². The number of amides is 1. The number of carbonyl (C=O) groups is 1. The Hall–Kier alpha value is -1.08. The number of carbonyl (C=O) groups excluding carboxylic acids is 1. The molecule has 0 aliphatic heterocycles. The lowest BCUT2D eigenvalue weighted by molar-refractivity contribution is -0.00283. The smallest absolute Gasteiger partial charge is 0.287 e. The molecule has 17 heavy (non-hydrogen) atoms. The van der Waals surface area contributed by atoms with Crippen LogP contribution < -0.4 is 5.32 Å². The molecule has 2 N–H and O–H groups in total. The second-order valence-corrected chi connectivity index (χ2v) is 4.18. The van der Waals surface area contributed by atoms with Crippen LogP contribution in [-0.4, -0.2) is 36.3 Å². The Labute approximate surface area is 101 Å². The quantitative estimate of drug-likeness (QED) is 0.818. The number of alkyl halides is 2. The summed E-state index contributed by atoms with van der Waals surface area (Å²) in [5.41, 5.74) is 0. The van der Waals surface area contributed by atoms with Crippen LogP contribution in [0.25, 0.3) is 0 Å². The third kappa shape index (κ3) is 4.35. The van der Waals surface area contributed by atoms with E-state index in [4.69, 9.17) is 9.52 Å². The fourth-order valence-corrected chi connectivity index (χ4v) is 1.53. The Morgan fingerprint density at radius 1 is 1.59 bits per heavy atom.